The van der Waals surface area contributed by atoms with Crippen LogP contribution in [0, 0.1) is 5.92 Å². The van der Waals surface area contributed by atoms with E-state index in [0.29, 0.717) is 28.1 Å². The second-order valence-electron chi connectivity index (χ2n) is 9.64. The van der Waals surface area contributed by atoms with E-state index in [2.05, 4.69) is 18.7 Å². The lowest BCUT2D eigenvalue weighted by molar-refractivity contribution is -0.0491. The number of hydrogen-bond donors (Lipinski definition) is 1. The highest BCUT2D eigenvalue weighted by Crippen LogP contribution is 2.34. The summed E-state index contributed by atoms with van der Waals surface area (Å²) in [5, 5.41) is 12.0. The van der Waals surface area contributed by atoms with E-state index in [9.17, 15) is 9.90 Å². The van der Waals surface area contributed by atoms with Gasteiger partial charge in [0, 0.05) is 25.1 Å². The summed E-state index contributed by atoms with van der Waals surface area (Å²) >= 11 is 12.5. The Hall–Kier alpha value is -1.30. The third-order valence-corrected chi connectivity index (χ3v) is 8.38. The van der Waals surface area contributed by atoms with Gasteiger partial charge in [-0.1, -0.05) is 61.3 Å². The van der Waals surface area contributed by atoms with Gasteiger partial charge in [0.15, 0.2) is 0 Å². The fourth-order valence-electron chi connectivity index (χ4n) is 5.20. The predicted molar refractivity (Wildman–Crippen MR) is 149 cm³/mol. The summed E-state index contributed by atoms with van der Waals surface area (Å²) < 4.78 is 0. The zero-order valence-corrected chi connectivity index (χ0v) is 23.4. The Morgan fingerprint density at radius 3 is 2.29 bits per heavy atom. The fraction of sp³-hybridized carbons (Fsp3) is 0.536. The molecule has 1 heterocycles. The Bertz CT molecular complexity index is 929. The molecular formula is C28H39Cl3N2O2. The highest BCUT2D eigenvalue weighted by Gasteiger charge is 2.35. The zero-order chi connectivity index (χ0) is 24.7. The Morgan fingerprint density at radius 2 is 1.71 bits per heavy atom. The number of nitrogens with zero attached hydrogens (tertiary/aromatic N) is 2. The van der Waals surface area contributed by atoms with Crippen molar-refractivity contribution < 1.29 is 9.90 Å². The van der Waals surface area contributed by atoms with Crippen LogP contribution in [-0.4, -0.2) is 59.6 Å². The van der Waals surface area contributed by atoms with Crippen molar-refractivity contribution in [2.24, 2.45) is 5.92 Å². The van der Waals surface area contributed by atoms with Gasteiger partial charge in [0.25, 0.3) is 5.91 Å². The molecule has 194 valence electrons. The Morgan fingerprint density at radius 1 is 1.09 bits per heavy atom. The van der Waals surface area contributed by atoms with E-state index in [0.717, 1.165) is 57.3 Å². The molecular weight excluding hydrogens is 503 g/mol. The summed E-state index contributed by atoms with van der Waals surface area (Å²) in [6.07, 6.45) is 4.61. The lowest BCUT2D eigenvalue weighted by atomic mass is 9.77. The van der Waals surface area contributed by atoms with Crippen LogP contribution in [0.15, 0.2) is 48.5 Å². The van der Waals surface area contributed by atoms with Crippen molar-refractivity contribution in [1.29, 1.82) is 0 Å². The molecule has 3 rings (SSSR count). The van der Waals surface area contributed by atoms with Gasteiger partial charge in [-0.25, -0.2) is 0 Å². The molecule has 1 N–H and O–H groups in total. The smallest absolute Gasteiger partial charge is 0.253 e. The largest absolute Gasteiger partial charge is 0.390 e. The summed E-state index contributed by atoms with van der Waals surface area (Å²) in [6.45, 7) is 7.73. The number of aliphatic hydroxyl groups is 1. The van der Waals surface area contributed by atoms with Crippen LogP contribution in [0.25, 0.3) is 0 Å². The second-order valence-corrected chi connectivity index (χ2v) is 10.5. The van der Waals surface area contributed by atoms with Crippen LogP contribution in [0.2, 0.25) is 10.0 Å². The van der Waals surface area contributed by atoms with E-state index >= 15 is 0 Å². The van der Waals surface area contributed by atoms with Crippen LogP contribution in [0.1, 0.15) is 67.8 Å². The number of carbonyl (C=O) groups is 1. The molecule has 1 aliphatic heterocycles. The second kappa shape index (κ2) is 13.9. The zero-order valence-electron chi connectivity index (χ0n) is 21.1. The Balaban J connectivity index is 0.00000432. The van der Waals surface area contributed by atoms with E-state index in [1.807, 2.05) is 55.6 Å². The Kier molecular flexibility index (Phi) is 11.8. The van der Waals surface area contributed by atoms with Gasteiger partial charge < -0.3 is 14.9 Å². The summed E-state index contributed by atoms with van der Waals surface area (Å²) in [6, 6.07) is 15.2. The number of likely N-dealkylation sites (tertiary alicyclic amines) is 1. The molecule has 2 aromatic carbocycles. The number of benzene rings is 2. The summed E-state index contributed by atoms with van der Waals surface area (Å²) in [7, 11) is 1.86. The van der Waals surface area contributed by atoms with Gasteiger partial charge in [0.05, 0.1) is 15.6 Å². The minimum atomic E-state index is -0.533. The quantitative estimate of drug-likeness (QED) is 0.355. The number of amides is 1. The topological polar surface area (TPSA) is 43.8 Å². The highest BCUT2D eigenvalue weighted by atomic mass is 35.5. The molecule has 35 heavy (non-hydrogen) atoms. The maximum Gasteiger partial charge on any atom is 0.253 e. The Labute approximate surface area is 227 Å². The molecule has 0 bridgehead atoms. The van der Waals surface area contributed by atoms with Crippen molar-refractivity contribution in [1.82, 2.24) is 9.80 Å². The third-order valence-electron chi connectivity index (χ3n) is 7.64. The first-order valence-electron chi connectivity index (χ1n) is 12.5. The minimum absolute atomic E-state index is 0. The third kappa shape index (κ3) is 7.84. The molecule has 1 aliphatic rings. The maximum absolute atomic E-state index is 13.0. The molecule has 4 nitrogen and oxygen atoms in total. The van der Waals surface area contributed by atoms with Crippen molar-refractivity contribution >= 4 is 41.5 Å². The van der Waals surface area contributed by atoms with Crippen molar-refractivity contribution in [3.05, 3.63) is 69.7 Å². The molecule has 1 amide bonds. The first-order chi connectivity index (χ1) is 16.3. The molecule has 0 aromatic heterocycles. The van der Waals surface area contributed by atoms with Gasteiger partial charge in [-0.05, 0) is 87.5 Å². The van der Waals surface area contributed by atoms with E-state index in [1.165, 1.54) is 0 Å². The van der Waals surface area contributed by atoms with E-state index < -0.39 is 5.60 Å². The molecule has 0 saturated carbocycles. The average molecular weight is 542 g/mol. The highest BCUT2D eigenvalue weighted by molar-refractivity contribution is 6.42. The summed E-state index contributed by atoms with van der Waals surface area (Å²) in [5.74, 6) is 0.539. The van der Waals surface area contributed by atoms with Crippen LogP contribution < -0.4 is 0 Å². The van der Waals surface area contributed by atoms with Gasteiger partial charge in [-0.15, -0.1) is 12.4 Å². The van der Waals surface area contributed by atoms with Crippen molar-refractivity contribution in [3.63, 3.8) is 0 Å². The van der Waals surface area contributed by atoms with Crippen molar-refractivity contribution in [2.45, 2.75) is 57.5 Å². The minimum Gasteiger partial charge on any atom is -0.390 e. The average Bonchev–Trinajstić information content (AvgIpc) is 2.88. The molecule has 0 spiro atoms. The van der Waals surface area contributed by atoms with Crippen LogP contribution in [0.4, 0.5) is 0 Å². The maximum atomic E-state index is 13.0. The molecule has 0 radical (unpaired) electrons. The molecule has 7 heteroatoms. The number of likely N-dealkylation sites (N-methyl/N-ethyl adjacent to an activating group) is 1. The lowest BCUT2D eigenvalue weighted by Crippen LogP contribution is -2.45. The molecule has 0 unspecified atom stereocenters. The van der Waals surface area contributed by atoms with Crippen LogP contribution in [0.3, 0.4) is 0 Å². The molecule has 1 fully saturated rings. The first kappa shape index (κ1) is 29.9. The van der Waals surface area contributed by atoms with Crippen LogP contribution >= 0.6 is 35.6 Å². The standard InChI is InChI=1S/C28H38Cl2N2O2.ClH/c1-4-28(34,5-2)24-14-17-32(18-15-24)16-13-23(22-11-12-25(29)26(30)19-22)20-31(3)27(33)21-9-7-6-8-10-21;/h6-12,19,23-24,34H,4-5,13-18,20H2,1-3H3;1H/t23-;/m1./s1. The van der Waals surface area contributed by atoms with Crippen molar-refractivity contribution in [2.75, 3.05) is 33.2 Å². The number of piperidine rings is 1. The van der Waals surface area contributed by atoms with E-state index in [4.69, 9.17) is 23.2 Å². The molecule has 0 aliphatic carbocycles. The van der Waals surface area contributed by atoms with Gasteiger partial charge in [-0.3, -0.25) is 4.79 Å². The summed E-state index contributed by atoms with van der Waals surface area (Å²) in [5.41, 5.74) is 1.26. The van der Waals surface area contributed by atoms with Gasteiger partial charge >= 0.3 is 0 Å². The number of carbonyl (C=O) groups excluding carboxylic acids is 1. The number of halogens is 3. The van der Waals surface area contributed by atoms with E-state index in [1.54, 1.807) is 4.90 Å². The fourth-order valence-corrected chi connectivity index (χ4v) is 5.51. The number of rotatable bonds is 10. The first-order valence-corrected chi connectivity index (χ1v) is 13.2. The van der Waals surface area contributed by atoms with Gasteiger partial charge in [-0.2, -0.15) is 0 Å². The lowest BCUT2D eigenvalue weighted by Gasteiger charge is -2.41. The van der Waals surface area contributed by atoms with Crippen LogP contribution in [0.5, 0.6) is 0 Å². The molecule has 2 aromatic rings. The predicted octanol–water partition coefficient (Wildman–Crippen LogP) is 6.92. The SMILES string of the molecule is CCC(O)(CC)C1CCN(CC[C@H](CN(C)C(=O)c2ccccc2)c2ccc(Cl)c(Cl)c2)CC1.Cl. The van der Waals surface area contributed by atoms with Gasteiger partial charge in [0.1, 0.15) is 0 Å². The van der Waals surface area contributed by atoms with Gasteiger partial charge in [0.2, 0.25) is 0 Å². The van der Waals surface area contributed by atoms with Crippen molar-refractivity contribution in [3.8, 4) is 0 Å². The summed E-state index contributed by atoms with van der Waals surface area (Å²) in [4.78, 5) is 17.3. The number of hydrogen-bond acceptors (Lipinski definition) is 3. The molecule has 1 saturated heterocycles. The molecule has 1 atom stereocenters. The van der Waals surface area contributed by atoms with Crippen LogP contribution in [-0.2, 0) is 0 Å². The van der Waals surface area contributed by atoms with E-state index in [-0.39, 0.29) is 24.2 Å². The normalized spacial score (nSPS) is 15.9. The monoisotopic (exact) mass is 540 g/mol.